The monoisotopic (exact) mass is 324 g/mol. The SMILES string of the molecule is Cc1cc(=O)oc2cc(OCC(=O)OCc3ccccc3)ccc12. The number of fused-ring (bicyclic) bond motifs is 1. The van der Waals surface area contributed by atoms with E-state index in [4.69, 9.17) is 13.9 Å². The molecule has 3 rings (SSSR count). The number of hydrogen-bond acceptors (Lipinski definition) is 5. The van der Waals surface area contributed by atoms with Crippen molar-refractivity contribution in [1.29, 1.82) is 0 Å². The number of hydrogen-bond donors (Lipinski definition) is 0. The number of esters is 1. The van der Waals surface area contributed by atoms with Gasteiger partial charge in [0.05, 0.1) is 0 Å². The summed E-state index contributed by atoms with van der Waals surface area (Å²) in [5.41, 5.74) is 1.75. The Bertz CT molecular complexity index is 912. The van der Waals surface area contributed by atoms with Gasteiger partial charge in [0.25, 0.3) is 0 Å². The topological polar surface area (TPSA) is 65.7 Å². The molecule has 0 N–H and O–H groups in total. The number of ether oxygens (including phenoxy) is 2. The number of benzene rings is 2. The van der Waals surface area contributed by atoms with E-state index in [2.05, 4.69) is 0 Å². The molecule has 0 aliphatic heterocycles. The highest BCUT2D eigenvalue weighted by molar-refractivity contribution is 5.81. The van der Waals surface area contributed by atoms with Gasteiger partial charge in [-0.2, -0.15) is 0 Å². The zero-order chi connectivity index (χ0) is 16.9. The van der Waals surface area contributed by atoms with Gasteiger partial charge >= 0.3 is 11.6 Å². The first-order chi connectivity index (χ1) is 11.6. The number of carbonyl (C=O) groups is 1. The van der Waals surface area contributed by atoms with E-state index in [-0.39, 0.29) is 13.2 Å². The van der Waals surface area contributed by atoms with Gasteiger partial charge in [-0.15, -0.1) is 0 Å². The Morgan fingerprint density at radius 2 is 1.88 bits per heavy atom. The molecule has 122 valence electrons. The summed E-state index contributed by atoms with van der Waals surface area (Å²) >= 11 is 0. The average Bonchev–Trinajstić information content (AvgIpc) is 2.58. The summed E-state index contributed by atoms with van der Waals surface area (Å²) in [5.74, 6) is -0.0300. The van der Waals surface area contributed by atoms with Gasteiger partial charge in [-0.1, -0.05) is 30.3 Å². The fourth-order valence-electron chi connectivity index (χ4n) is 2.32. The molecular weight excluding hydrogens is 308 g/mol. The van der Waals surface area contributed by atoms with Crippen LogP contribution in [0.1, 0.15) is 11.1 Å². The van der Waals surface area contributed by atoms with Gasteiger partial charge in [0.2, 0.25) is 0 Å². The van der Waals surface area contributed by atoms with Crippen molar-refractivity contribution in [3.8, 4) is 5.75 Å². The van der Waals surface area contributed by atoms with Crippen LogP contribution in [0.15, 0.2) is 63.8 Å². The van der Waals surface area contributed by atoms with Crippen molar-refractivity contribution in [3.63, 3.8) is 0 Å². The first-order valence-electron chi connectivity index (χ1n) is 7.49. The second kappa shape index (κ2) is 7.00. The Hall–Kier alpha value is -3.08. The molecule has 5 nitrogen and oxygen atoms in total. The lowest BCUT2D eigenvalue weighted by Gasteiger charge is -2.08. The summed E-state index contributed by atoms with van der Waals surface area (Å²) < 4.78 is 15.7. The summed E-state index contributed by atoms with van der Waals surface area (Å²) in [6, 6.07) is 15.9. The van der Waals surface area contributed by atoms with Crippen LogP contribution in [0.5, 0.6) is 5.75 Å². The molecule has 1 aromatic heterocycles. The maximum Gasteiger partial charge on any atom is 0.344 e. The molecule has 0 amide bonds. The molecule has 1 heterocycles. The van der Waals surface area contributed by atoms with Crippen LogP contribution >= 0.6 is 0 Å². The van der Waals surface area contributed by atoms with Crippen LogP contribution in [0, 0.1) is 6.92 Å². The second-order valence-corrected chi connectivity index (χ2v) is 5.34. The van der Waals surface area contributed by atoms with Crippen molar-refractivity contribution in [2.24, 2.45) is 0 Å². The number of rotatable bonds is 5. The molecule has 0 aliphatic carbocycles. The molecule has 0 fully saturated rings. The average molecular weight is 324 g/mol. The van der Waals surface area contributed by atoms with E-state index < -0.39 is 11.6 Å². The first kappa shape index (κ1) is 15.8. The van der Waals surface area contributed by atoms with E-state index in [0.29, 0.717) is 11.3 Å². The Morgan fingerprint density at radius 3 is 2.67 bits per heavy atom. The Labute approximate surface area is 138 Å². The van der Waals surface area contributed by atoms with Gasteiger partial charge in [0.15, 0.2) is 6.61 Å². The zero-order valence-corrected chi connectivity index (χ0v) is 13.2. The molecule has 24 heavy (non-hydrogen) atoms. The largest absolute Gasteiger partial charge is 0.482 e. The zero-order valence-electron chi connectivity index (χ0n) is 13.2. The van der Waals surface area contributed by atoms with Crippen LogP contribution in [0.3, 0.4) is 0 Å². The van der Waals surface area contributed by atoms with Crippen molar-refractivity contribution in [2.75, 3.05) is 6.61 Å². The third kappa shape index (κ3) is 3.81. The van der Waals surface area contributed by atoms with E-state index in [0.717, 1.165) is 16.5 Å². The minimum Gasteiger partial charge on any atom is -0.482 e. The lowest BCUT2D eigenvalue weighted by molar-refractivity contribution is -0.147. The van der Waals surface area contributed by atoms with Crippen molar-refractivity contribution in [3.05, 3.63) is 76.1 Å². The van der Waals surface area contributed by atoms with E-state index in [1.807, 2.05) is 37.3 Å². The molecule has 0 saturated carbocycles. The molecule has 0 bridgehead atoms. The highest BCUT2D eigenvalue weighted by Crippen LogP contribution is 2.22. The predicted molar refractivity (Wildman–Crippen MR) is 89.0 cm³/mol. The first-order valence-corrected chi connectivity index (χ1v) is 7.49. The van der Waals surface area contributed by atoms with Crippen LogP contribution < -0.4 is 10.4 Å². The van der Waals surface area contributed by atoms with Gasteiger partial charge in [-0.25, -0.2) is 9.59 Å². The van der Waals surface area contributed by atoms with Crippen LogP contribution in [0.25, 0.3) is 11.0 Å². The molecule has 2 aromatic carbocycles. The van der Waals surface area contributed by atoms with Gasteiger partial charge in [0.1, 0.15) is 17.9 Å². The van der Waals surface area contributed by atoms with Crippen molar-refractivity contribution < 1.29 is 18.7 Å². The van der Waals surface area contributed by atoms with Crippen molar-refractivity contribution in [2.45, 2.75) is 13.5 Å². The molecular formula is C19H16O5. The maximum absolute atomic E-state index is 11.7. The molecule has 5 heteroatoms. The van der Waals surface area contributed by atoms with Crippen LogP contribution in [-0.2, 0) is 16.1 Å². The summed E-state index contributed by atoms with van der Waals surface area (Å²) in [6.07, 6.45) is 0. The normalized spacial score (nSPS) is 10.5. The minimum absolute atomic E-state index is 0.203. The van der Waals surface area contributed by atoms with Crippen LogP contribution in [0.2, 0.25) is 0 Å². The molecule has 0 atom stereocenters. The second-order valence-electron chi connectivity index (χ2n) is 5.34. The van der Waals surface area contributed by atoms with E-state index >= 15 is 0 Å². The van der Waals surface area contributed by atoms with E-state index in [1.165, 1.54) is 6.07 Å². The van der Waals surface area contributed by atoms with Crippen LogP contribution in [0.4, 0.5) is 0 Å². The quantitative estimate of drug-likeness (QED) is 0.532. The molecule has 0 spiro atoms. The Balaban J connectivity index is 1.61. The molecule has 0 radical (unpaired) electrons. The molecule has 3 aromatic rings. The highest BCUT2D eigenvalue weighted by atomic mass is 16.6. The Morgan fingerprint density at radius 1 is 1.08 bits per heavy atom. The van der Waals surface area contributed by atoms with E-state index in [1.54, 1.807) is 18.2 Å². The lowest BCUT2D eigenvalue weighted by atomic mass is 10.1. The fourth-order valence-corrected chi connectivity index (χ4v) is 2.32. The third-order valence-electron chi connectivity index (χ3n) is 3.52. The highest BCUT2D eigenvalue weighted by Gasteiger charge is 2.07. The standard InChI is InChI=1S/C19H16O5/c1-13-9-18(20)24-17-10-15(7-8-16(13)17)22-12-19(21)23-11-14-5-3-2-4-6-14/h2-10H,11-12H2,1H3. The van der Waals surface area contributed by atoms with Crippen LogP contribution in [-0.4, -0.2) is 12.6 Å². The number of aryl methyl sites for hydroxylation is 1. The van der Waals surface area contributed by atoms with Gasteiger partial charge in [-0.05, 0) is 30.2 Å². The van der Waals surface area contributed by atoms with Gasteiger partial charge in [-0.3, -0.25) is 0 Å². The molecule has 0 saturated heterocycles. The minimum atomic E-state index is -0.468. The smallest absolute Gasteiger partial charge is 0.344 e. The molecule has 0 unspecified atom stereocenters. The lowest BCUT2D eigenvalue weighted by Crippen LogP contribution is -2.14. The Kier molecular flexibility index (Phi) is 4.61. The maximum atomic E-state index is 11.7. The fraction of sp³-hybridized carbons (Fsp3) is 0.158. The summed E-state index contributed by atoms with van der Waals surface area (Å²) in [5, 5.41) is 0.827. The molecule has 0 aliphatic rings. The number of carbonyl (C=O) groups excluding carboxylic acids is 1. The van der Waals surface area contributed by atoms with Gasteiger partial charge in [0, 0.05) is 17.5 Å². The predicted octanol–water partition coefficient (Wildman–Crippen LogP) is 3.22. The summed E-state index contributed by atoms with van der Waals surface area (Å²) in [4.78, 5) is 23.2. The van der Waals surface area contributed by atoms with E-state index in [9.17, 15) is 9.59 Å². The van der Waals surface area contributed by atoms with Gasteiger partial charge < -0.3 is 13.9 Å². The summed E-state index contributed by atoms with van der Waals surface area (Å²) in [7, 11) is 0. The third-order valence-corrected chi connectivity index (χ3v) is 3.52. The summed E-state index contributed by atoms with van der Waals surface area (Å²) in [6.45, 7) is 1.82. The van der Waals surface area contributed by atoms with Crippen molar-refractivity contribution in [1.82, 2.24) is 0 Å². The van der Waals surface area contributed by atoms with Crippen molar-refractivity contribution >= 4 is 16.9 Å².